The Bertz CT molecular complexity index is 958. The Morgan fingerprint density at radius 1 is 1.04 bits per heavy atom. The number of methoxy groups -OCH3 is 2. The summed E-state index contributed by atoms with van der Waals surface area (Å²) in [6.07, 6.45) is 3.19. The second-order valence-electron chi connectivity index (χ2n) is 5.80. The molecule has 0 aliphatic rings. The van der Waals surface area contributed by atoms with Gasteiger partial charge < -0.3 is 14.8 Å². The van der Waals surface area contributed by atoms with Gasteiger partial charge in [0.2, 0.25) is 5.91 Å². The van der Waals surface area contributed by atoms with Crippen LogP contribution >= 0.6 is 0 Å². The maximum absolute atomic E-state index is 12.3. The molecule has 1 heterocycles. The molecule has 5 heteroatoms. The molecule has 0 radical (unpaired) electrons. The number of aromatic nitrogens is 1. The van der Waals surface area contributed by atoms with Crippen molar-refractivity contribution in [3.63, 3.8) is 0 Å². The largest absolute Gasteiger partial charge is 0.497 e. The standard InChI is InChI=1S/C21H20N2O3/c1-14-7-9-16-5-4-6-19(21(16)22-14)23-20(24)10-8-15-11-17(25-2)13-18(12-15)26-3/h4-13H,1-3H3,(H,23,24)/b10-8+. The van der Waals surface area contributed by atoms with Crippen LogP contribution in [0.15, 0.2) is 54.6 Å². The molecule has 0 atom stereocenters. The number of pyridine rings is 1. The number of nitrogens with one attached hydrogen (secondary N) is 1. The third-order valence-electron chi connectivity index (χ3n) is 3.92. The van der Waals surface area contributed by atoms with Gasteiger partial charge in [0.1, 0.15) is 11.5 Å². The van der Waals surface area contributed by atoms with Crippen LogP contribution in [-0.2, 0) is 4.79 Å². The second-order valence-corrected chi connectivity index (χ2v) is 5.80. The first kappa shape index (κ1) is 17.5. The van der Waals surface area contributed by atoms with Gasteiger partial charge >= 0.3 is 0 Å². The Morgan fingerprint density at radius 2 is 1.77 bits per heavy atom. The Hall–Kier alpha value is -3.34. The van der Waals surface area contributed by atoms with E-state index in [1.165, 1.54) is 6.08 Å². The fraction of sp³-hybridized carbons (Fsp3) is 0.143. The molecule has 0 spiro atoms. The summed E-state index contributed by atoms with van der Waals surface area (Å²) in [6.45, 7) is 1.92. The Morgan fingerprint density at radius 3 is 2.46 bits per heavy atom. The first-order valence-electron chi connectivity index (χ1n) is 8.17. The van der Waals surface area contributed by atoms with Crippen molar-refractivity contribution in [1.29, 1.82) is 0 Å². The van der Waals surface area contributed by atoms with Gasteiger partial charge in [0.15, 0.2) is 0 Å². The summed E-state index contributed by atoms with van der Waals surface area (Å²) in [4.78, 5) is 16.9. The molecule has 1 amide bonds. The van der Waals surface area contributed by atoms with E-state index in [1.54, 1.807) is 26.4 Å². The minimum Gasteiger partial charge on any atom is -0.497 e. The lowest BCUT2D eigenvalue weighted by atomic mass is 10.1. The van der Waals surface area contributed by atoms with Crippen LogP contribution in [0, 0.1) is 6.92 Å². The van der Waals surface area contributed by atoms with Gasteiger partial charge in [0.25, 0.3) is 0 Å². The van der Waals surface area contributed by atoms with Gasteiger partial charge in [-0.3, -0.25) is 9.78 Å². The second kappa shape index (κ2) is 7.70. The van der Waals surface area contributed by atoms with E-state index < -0.39 is 0 Å². The maximum atomic E-state index is 12.3. The molecule has 26 heavy (non-hydrogen) atoms. The number of ether oxygens (including phenoxy) is 2. The number of amides is 1. The molecule has 0 fully saturated rings. The van der Waals surface area contributed by atoms with Crippen LogP contribution in [0.4, 0.5) is 5.69 Å². The lowest BCUT2D eigenvalue weighted by Gasteiger charge is -2.07. The molecule has 0 aliphatic carbocycles. The average Bonchev–Trinajstić information content (AvgIpc) is 2.66. The van der Waals surface area contributed by atoms with E-state index in [0.29, 0.717) is 17.2 Å². The number of rotatable bonds is 5. The molecule has 0 bridgehead atoms. The molecule has 3 aromatic rings. The zero-order chi connectivity index (χ0) is 18.5. The summed E-state index contributed by atoms with van der Waals surface area (Å²) in [5, 5.41) is 3.87. The lowest BCUT2D eigenvalue weighted by molar-refractivity contribution is -0.111. The van der Waals surface area contributed by atoms with Crippen LogP contribution < -0.4 is 14.8 Å². The predicted molar refractivity (Wildman–Crippen MR) is 104 cm³/mol. The molecular weight excluding hydrogens is 328 g/mol. The van der Waals surface area contributed by atoms with E-state index in [1.807, 2.05) is 49.4 Å². The third-order valence-corrected chi connectivity index (χ3v) is 3.92. The molecule has 0 saturated carbocycles. The van der Waals surface area contributed by atoms with E-state index in [2.05, 4.69) is 10.3 Å². The van der Waals surface area contributed by atoms with Gasteiger partial charge in [0.05, 0.1) is 25.4 Å². The van der Waals surface area contributed by atoms with Gasteiger partial charge in [-0.15, -0.1) is 0 Å². The zero-order valence-corrected chi connectivity index (χ0v) is 14.9. The van der Waals surface area contributed by atoms with Crippen molar-refractivity contribution in [2.45, 2.75) is 6.92 Å². The van der Waals surface area contributed by atoms with Crippen molar-refractivity contribution in [2.24, 2.45) is 0 Å². The topological polar surface area (TPSA) is 60.5 Å². The van der Waals surface area contributed by atoms with Crippen LogP contribution in [0.2, 0.25) is 0 Å². The quantitative estimate of drug-likeness (QED) is 0.702. The normalized spacial score (nSPS) is 10.9. The van der Waals surface area contributed by atoms with Crippen molar-refractivity contribution in [2.75, 3.05) is 19.5 Å². The van der Waals surface area contributed by atoms with E-state index >= 15 is 0 Å². The minimum absolute atomic E-state index is 0.234. The highest BCUT2D eigenvalue weighted by Gasteiger charge is 2.06. The van der Waals surface area contributed by atoms with E-state index in [4.69, 9.17) is 9.47 Å². The number of para-hydroxylation sites is 1. The zero-order valence-electron chi connectivity index (χ0n) is 14.9. The predicted octanol–water partition coefficient (Wildman–Crippen LogP) is 4.21. The smallest absolute Gasteiger partial charge is 0.248 e. The van der Waals surface area contributed by atoms with Crippen LogP contribution in [0.25, 0.3) is 17.0 Å². The van der Waals surface area contributed by atoms with E-state index in [9.17, 15) is 4.79 Å². The molecular formula is C21H20N2O3. The Kier molecular flexibility index (Phi) is 5.17. The van der Waals surface area contributed by atoms with Crippen LogP contribution in [0.1, 0.15) is 11.3 Å². The first-order valence-corrected chi connectivity index (χ1v) is 8.17. The summed E-state index contributed by atoms with van der Waals surface area (Å²) in [7, 11) is 3.18. The maximum Gasteiger partial charge on any atom is 0.248 e. The first-order chi connectivity index (χ1) is 12.6. The fourth-order valence-corrected chi connectivity index (χ4v) is 2.62. The Labute approximate surface area is 152 Å². The summed E-state index contributed by atoms with van der Waals surface area (Å²) < 4.78 is 10.5. The summed E-state index contributed by atoms with van der Waals surface area (Å²) in [5.74, 6) is 1.10. The van der Waals surface area contributed by atoms with Crippen LogP contribution in [0.3, 0.4) is 0 Å². The minimum atomic E-state index is -0.234. The van der Waals surface area contributed by atoms with E-state index in [0.717, 1.165) is 22.2 Å². The molecule has 1 aromatic heterocycles. The van der Waals surface area contributed by atoms with Crippen molar-refractivity contribution >= 4 is 28.6 Å². The van der Waals surface area contributed by atoms with Gasteiger partial charge in [-0.25, -0.2) is 0 Å². The Balaban J connectivity index is 1.81. The number of nitrogens with zero attached hydrogens (tertiary/aromatic N) is 1. The number of hydrogen-bond donors (Lipinski definition) is 1. The SMILES string of the molecule is COc1cc(/C=C/C(=O)Nc2cccc3ccc(C)nc23)cc(OC)c1. The fourth-order valence-electron chi connectivity index (χ4n) is 2.62. The van der Waals surface area contributed by atoms with Gasteiger partial charge in [0, 0.05) is 23.2 Å². The van der Waals surface area contributed by atoms with Crippen LogP contribution in [0.5, 0.6) is 11.5 Å². The number of anilines is 1. The molecule has 2 aromatic carbocycles. The summed E-state index contributed by atoms with van der Waals surface area (Å²) in [5.41, 5.74) is 3.17. The van der Waals surface area contributed by atoms with Gasteiger partial charge in [-0.2, -0.15) is 0 Å². The molecule has 0 aliphatic heterocycles. The average molecular weight is 348 g/mol. The molecule has 0 unspecified atom stereocenters. The molecule has 5 nitrogen and oxygen atoms in total. The number of carbonyl (C=O) groups excluding carboxylic acids is 1. The van der Waals surface area contributed by atoms with Gasteiger partial charge in [-0.1, -0.05) is 18.2 Å². The van der Waals surface area contributed by atoms with Crippen molar-refractivity contribution in [3.8, 4) is 11.5 Å². The monoisotopic (exact) mass is 348 g/mol. The molecule has 0 saturated heterocycles. The molecule has 1 N–H and O–H groups in total. The van der Waals surface area contributed by atoms with Gasteiger partial charge in [-0.05, 0) is 42.8 Å². The highest BCUT2D eigenvalue weighted by molar-refractivity contribution is 6.06. The third kappa shape index (κ3) is 4.00. The van der Waals surface area contributed by atoms with E-state index in [-0.39, 0.29) is 5.91 Å². The highest BCUT2D eigenvalue weighted by Crippen LogP contribution is 2.24. The number of aryl methyl sites for hydroxylation is 1. The number of carbonyl (C=O) groups is 1. The van der Waals surface area contributed by atoms with Crippen LogP contribution in [-0.4, -0.2) is 25.1 Å². The van der Waals surface area contributed by atoms with Crippen molar-refractivity contribution < 1.29 is 14.3 Å². The highest BCUT2D eigenvalue weighted by atomic mass is 16.5. The molecule has 132 valence electrons. The number of hydrogen-bond acceptors (Lipinski definition) is 4. The summed E-state index contributed by atoms with van der Waals surface area (Å²) >= 11 is 0. The molecule has 3 rings (SSSR count). The van der Waals surface area contributed by atoms with Crippen molar-refractivity contribution in [3.05, 3.63) is 65.9 Å². The summed E-state index contributed by atoms with van der Waals surface area (Å²) in [6, 6.07) is 15.1. The lowest BCUT2D eigenvalue weighted by Crippen LogP contribution is -2.08. The number of benzene rings is 2. The number of fused-ring (bicyclic) bond motifs is 1. The van der Waals surface area contributed by atoms with Crippen molar-refractivity contribution in [1.82, 2.24) is 4.98 Å².